The van der Waals surface area contributed by atoms with Gasteiger partial charge in [-0.1, -0.05) is 46.3 Å². The van der Waals surface area contributed by atoms with Gasteiger partial charge in [-0.3, -0.25) is 18.3 Å². The highest BCUT2D eigenvalue weighted by Gasteiger charge is 2.65. The molecule has 0 radical (unpaired) electrons. The normalized spacial score (nSPS) is 45.5. The summed E-state index contributed by atoms with van der Waals surface area (Å²) in [6.45, 7) is 15.0. The molecule has 1 saturated heterocycles. The lowest BCUT2D eigenvalue weighted by Gasteiger charge is -2.68. The van der Waals surface area contributed by atoms with Crippen molar-refractivity contribution in [2.75, 3.05) is 44.4 Å². The van der Waals surface area contributed by atoms with Crippen molar-refractivity contribution in [1.82, 2.24) is 10.2 Å². The van der Waals surface area contributed by atoms with Gasteiger partial charge in [0.1, 0.15) is 6.04 Å². The zero-order chi connectivity index (χ0) is 33.9. The number of halogens is 1. The van der Waals surface area contributed by atoms with Crippen LogP contribution in [-0.4, -0.2) is 71.1 Å². The molecule has 48 heavy (non-hydrogen) atoms. The molecule has 5 nitrogen and oxygen atoms in total. The standard InChI is InChI=1S/C41H65FN2O3S/c1-6-47-37(45)34-27-48(46)25-24-44(34)23-22-43-41-18-7-8-33(41)30-13-14-36-39(4,32(30)16-21-41)20-17-35-38(2,3)31(15-19-40(35,36)5)29-11-9-28(26-42)10-12-29/h11,15,28,30,32-36,43H,6-10,12-14,16-27H2,1-5H3/t28?,30-,32?,33?,34?,35?,36?,39?,40?,41?,48?/m0/s1. The lowest BCUT2D eigenvalue weighted by molar-refractivity contribution is -0.175. The van der Waals surface area contributed by atoms with Crippen molar-refractivity contribution in [1.29, 1.82) is 0 Å². The van der Waals surface area contributed by atoms with Crippen molar-refractivity contribution >= 4 is 16.8 Å². The summed E-state index contributed by atoms with van der Waals surface area (Å²) in [7, 11) is -0.938. The smallest absolute Gasteiger partial charge is 0.324 e. The van der Waals surface area contributed by atoms with Gasteiger partial charge in [-0.05, 0) is 147 Å². The van der Waals surface area contributed by atoms with Gasteiger partial charge in [0, 0.05) is 47.5 Å². The van der Waals surface area contributed by atoms with Crippen molar-refractivity contribution in [3.8, 4) is 0 Å². The maximum absolute atomic E-state index is 13.4. The number of ether oxygens (including phenoxy) is 1. The molecule has 0 spiro atoms. The Balaban J connectivity index is 1.05. The molecule has 4 saturated carbocycles. The minimum atomic E-state index is -0.938. The van der Waals surface area contributed by atoms with E-state index in [1.165, 1.54) is 69.8 Å². The molecule has 0 bridgehead atoms. The summed E-state index contributed by atoms with van der Waals surface area (Å²) >= 11 is 0. The molecule has 0 aromatic carbocycles. The third kappa shape index (κ3) is 5.84. The van der Waals surface area contributed by atoms with Crippen molar-refractivity contribution in [3.63, 3.8) is 0 Å². The summed E-state index contributed by atoms with van der Waals surface area (Å²) in [5, 5.41) is 4.17. The quantitative estimate of drug-likeness (QED) is 0.263. The number of hydrogen-bond donors (Lipinski definition) is 1. The zero-order valence-electron chi connectivity index (χ0n) is 30.8. The predicted molar refractivity (Wildman–Crippen MR) is 194 cm³/mol. The lowest BCUT2D eigenvalue weighted by Crippen LogP contribution is -2.64. The summed E-state index contributed by atoms with van der Waals surface area (Å²) < 4.78 is 31.1. The SMILES string of the molecule is CCOC(=O)C1CS(=O)CCN1CCNC12CCCC1[C@H]1CCC3C(C)(CCC4C(C)(C)C(C5=CCC(CF)CC5)=CCC43C)C1CC2. The van der Waals surface area contributed by atoms with Crippen LogP contribution in [-0.2, 0) is 20.3 Å². The Hall–Kier alpha value is -1.05. The topological polar surface area (TPSA) is 58.6 Å². The van der Waals surface area contributed by atoms with E-state index in [4.69, 9.17) is 4.74 Å². The van der Waals surface area contributed by atoms with E-state index in [0.29, 0.717) is 41.4 Å². The number of rotatable bonds is 8. The van der Waals surface area contributed by atoms with Gasteiger partial charge in [0.15, 0.2) is 0 Å². The molecule has 7 rings (SSSR count). The molecule has 1 aliphatic heterocycles. The maximum atomic E-state index is 13.4. The van der Waals surface area contributed by atoms with Gasteiger partial charge in [-0.15, -0.1) is 0 Å². The minimum Gasteiger partial charge on any atom is -0.465 e. The van der Waals surface area contributed by atoms with Crippen molar-refractivity contribution in [2.45, 2.75) is 130 Å². The molecular weight excluding hydrogens is 620 g/mol. The van der Waals surface area contributed by atoms with E-state index in [9.17, 15) is 13.4 Å². The second-order valence-corrected chi connectivity index (χ2v) is 19.9. The number of carbonyl (C=O) groups excluding carboxylic acids is 1. The molecule has 7 heteroatoms. The van der Waals surface area contributed by atoms with Crippen LogP contribution in [0.15, 0.2) is 23.3 Å². The summed E-state index contributed by atoms with van der Waals surface area (Å²) in [6, 6.07) is -0.371. The van der Waals surface area contributed by atoms with Gasteiger partial charge in [-0.25, -0.2) is 0 Å². The van der Waals surface area contributed by atoms with Gasteiger partial charge < -0.3 is 10.1 Å². The molecule has 0 aromatic rings. The Morgan fingerprint density at radius 2 is 1.83 bits per heavy atom. The number of alkyl halides is 1. The number of esters is 1. The minimum absolute atomic E-state index is 0.173. The van der Waals surface area contributed by atoms with Gasteiger partial charge in [0.05, 0.1) is 13.3 Å². The van der Waals surface area contributed by atoms with Crippen LogP contribution in [0.4, 0.5) is 4.39 Å². The summed E-state index contributed by atoms with van der Waals surface area (Å²) in [5.74, 6) is 4.97. The van der Waals surface area contributed by atoms with E-state index in [1.54, 1.807) is 5.57 Å². The number of carbonyl (C=O) groups is 1. The molecule has 11 atom stereocenters. The largest absolute Gasteiger partial charge is 0.465 e. The third-order valence-corrected chi connectivity index (χ3v) is 17.3. The highest BCUT2D eigenvalue weighted by Crippen LogP contribution is 2.72. The highest BCUT2D eigenvalue weighted by molar-refractivity contribution is 7.85. The Morgan fingerprint density at radius 3 is 2.58 bits per heavy atom. The lowest BCUT2D eigenvalue weighted by atomic mass is 9.37. The first-order valence-corrected chi connectivity index (χ1v) is 21.4. The number of fused-ring (bicyclic) bond motifs is 7. The fraction of sp³-hybridized carbons (Fsp3) is 0.878. The number of hydrogen-bond acceptors (Lipinski definition) is 5. The fourth-order valence-corrected chi connectivity index (χ4v) is 15.2. The second-order valence-electron chi connectivity index (χ2n) is 18.3. The summed E-state index contributed by atoms with van der Waals surface area (Å²) in [6.07, 6.45) is 21.4. The van der Waals surface area contributed by atoms with Crippen LogP contribution in [0, 0.1) is 51.8 Å². The molecule has 5 fully saturated rings. The van der Waals surface area contributed by atoms with Crippen LogP contribution < -0.4 is 5.32 Å². The zero-order valence-corrected chi connectivity index (χ0v) is 31.6. The second kappa shape index (κ2) is 13.5. The highest BCUT2D eigenvalue weighted by atomic mass is 32.2. The molecule has 0 aromatic heterocycles. The maximum Gasteiger partial charge on any atom is 0.324 e. The molecule has 270 valence electrons. The molecule has 1 heterocycles. The van der Waals surface area contributed by atoms with Gasteiger partial charge in [0.25, 0.3) is 0 Å². The van der Waals surface area contributed by atoms with Crippen LogP contribution in [0.3, 0.4) is 0 Å². The van der Waals surface area contributed by atoms with Gasteiger partial charge in [-0.2, -0.15) is 0 Å². The first kappa shape index (κ1) is 35.4. The summed E-state index contributed by atoms with van der Waals surface area (Å²) in [5.41, 5.74) is 4.31. The molecule has 7 aliphatic rings. The van der Waals surface area contributed by atoms with Crippen molar-refractivity contribution < 1.29 is 18.1 Å². The van der Waals surface area contributed by atoms with Gasteiger partial charge in [0.2, 0.25) is 0 Å². The molecule has 6 aliphatic carbocycles. The Bertz CT molecular complexity index is 1310. The third-order valence-electron chi connectivity index (χ3n) is 16.0. The van der Waals surface area contributed by atoms with Gasteiger partial charge >= 0.3 is 5.97 Å². The van der Waals surface area contributed by atoms with Crippen LogP contribution in [0.25, 0.3) is 0 Å². The van der Waals surface area contributed by atoms with Crippen molar-refractivity contribution in [2.24, 2.45) is 51.8 Å². The fourth-order valence-electron chi connectivity index (χ4n) is 13.9. The number of nitrogens with zero attached hydrogens (tertiary/aromatic N) is 1. The van der Waals surface area contributed by atoms with E-state index < -0.39 is 10.8 Å². The number of allylic oxidation sites excluding steroid dienone is 4. The van der Waals surface area contributed by atoms with Crippen LogP contribution in [0.1, 0.15) is 118 Å². The van der Waals surface area contributed by atoms with E-state index in [-0.39, 0.29) is 35.6 Å². The van der Waals surface area contributed by atoms with Crippen LogP contribution in [0.2, 0.25) is 0 Å². The average Bonchev–Trinajstić information content (AvgIpc) is 3.50. The van der Waals surface area contributed by atoms with E-state index >= 15 is 0 Å². The van der Waals surface area contributed by atoms with E-state index in [1.807, 2.05) is 6.92 Å². The monoisotopic (exact) mass is 684 g/mol. The Labute approximate surface area is 293 Å². The molecule has 1 N–H and O–H groups in total. The first-order chi connectivity index (χ1) is 23.0. The Kier molecular flexibility index (Phi) is 9.94. The average molecular weight is 685 g/mol. The molecule has 10 unspecified atom stereocenters. The van der Waals surface area contributed by atoms with E-state index in [0.717, 1.165) is 56.0 Å². The number of nitrogens with one attached hydrogen (secondary N) is 1. The summed E-state index contributed by atoms with van der Waals surface area (Å²) in [4.78, 5) is 15.0. The van der Waals surface area contributed by atoms with Crippen LogP contribution in [0.5, 0.6) is 0 Å². The Morgan fingerprint density at radius 1 is 1.00 bits per heavy atom. The first-order valence-electron chi connectivity index (χ1n) is 19.9. The van der Waals surface area contributed by atoms with Crippen LogP contribution >= 0.6 is 0 Å². The molecular formula is C41H65FN2O3S. The predicted octanol–water partition coefficient (Wildman–Crippen LogP) is 8.02. The molecule has 0 amide bonds. The van der Waals surface area contributed by atoms with E-state index in [2.05, 4.69) is 50.1 Å². The van der Waals surface area contributed by atoms with Crippen molar-refractivity contribution in [3.05, 3.63) is 23.3 Å².